The lowest BCUT2D eigenvalue weighted by atomic mass is 9.88. The fraction of sp³-hybridized carbons (Fsp3) is 0.286. The zero-order valence-corrected chi connectivity index (χ0v) is 24.8. The van der Waals surface area contributed by atoms with E-state index >= 15 is 0 Å². The van der Waals surface area contributed by atoms with E-state index in [-0.39, 0.29) is 26.3 Å². The molecular formula is C35H38FO3P. The molecule has 3 nitrogen and oxygen atoms in total. The number of hydrogen-bond donors (Lipinski definition) is 0. The van der Waals surface area contributed by atoms with Crippen LogP contribution in [0.25, 0.3) is 0 Å². The van der Waals surface area contributed by atoms with Gasteiger partial charge in [-0.3, -0.25) is 4.79 Å². The van der Waals surface area contributed by atoms with Crippen molar-refractivity contribution in [3.63, 3.8) is 0 Å². The van der Waals surface area contributed by atoms with Crippen molar-refractivity contribution in [3.05, 3.63) is 130 Å². The second-order valence-electron chi connectivity index (χ2n) is 10.5. The number of halogens is 1. The van der Waals surface area contributed by atoms with Crippen LogP contribution in [0.4, 0.5) is 4.39 Å². The minimum absolute atomic E-state index is 0.126. The fourth-order valence-electron chi connectivity index (χ4n) is 5.31. The lowest BCUT2D eigenvalue weighted by Crippen LogP contribution is -2.24. The van der Waals surface area contributed by atoms with Gasteiger partial charge < -0.3 is 9.47 Å². The Morgan fingerprint density at radius 3 is 2.12 bits per heavy atom. The molecule has 0 radical (unpaired) electrons. The summed E-state index contributed by atoms with van der Waals surface area (Å²) in [7, 11) is 1.87. The Morgan fingerprint density at radius 1 is 0.875 bits per heavy atom. The number of ketones is 1. The molecule has 0 aliphatic rings. The number of methoxy groups -OCH3 is 1. The van der Waals surface area contributed by atoms with Crippen LogP contribution in [0, 0.1) is 5.82 Å². The molecule has 0 N–H and O–H groups in total. The number of hydrogen-bond acceptors (Lipinski definition) is 3. The third kappa shape index (κ3) is 7.44. The summed E-state index contributed by atoms with van der Waals surface area (Å²) in [6, 6.07) is 30.0. The number of carbonyl (C=O) groups is 1. The highest BCUT2D eigenvalue weighted by molar-refractivity contribution is 7.48. The zero-order chi connectivity index (χ0) is 28.5. The van der Waals surface area contributed by atoms with Crippen molar-refractivity contribution in [1.82, 2.24) is 0 Å². The van der Waals surface area contributed by atoms with Crippen LogP contribution < -0.4 is 10.0 Å². The number of benzene rings is 4. The molecule has 0 amide bonds. The van der Waals surface area contributed by atoms with E-state index in [1.807, 2.05) is 12.1 Å². The van der Waals surface area contributed by atoms with Gasteiger partial charge in [0.2, 0.25) is 0 Å². The normalized spacial score (nSPS) is 12.9. The second kappa shape index (κ2) is 13.8. The summed E-state index contributed by atoms with van der Waals surface area (Å²) in [6.45, 7) is 6.06. The first-order valence-electron chi connectivity index (χ1n) is 13.8. The average Bonchev–Trinajstić information content (AvgIpc) is 2.94. The van der Waals surface area contributed by atoms with Gasteiger partial charge in [0.1, 0.15) is 11.6 Å². The number of Topliss-reactive ketones (excluding diaryl/α,β-unsaturated/α-hetero) is 1. The Morgan fingerprint density at radius 2 is 1.52 bits per heavy atom. The van der Waals surface area contributed by atoms with Crippen molar-refractivity contribution in [2.45, 2.75) is 51.6 Å². The summed E-state index contributed by atoms with van der Waals surface area (Å²) in [6.07, 6.45) is 3.33. The molecular weight excluding hydrogens is 518 g/mol. The summed E-state index contributed by atoms with van der Waals surface area (Å²) in [5.41, 5.74) is 6.29. The molecule has 0 saturated heterocycles. The van der Waals surface area contributed by atoms with Gasteiger partial charge in [0, 0.05) is 29.8 Å². The fourth-order valence-corrected chi connectivity index (χ4v) is 7.15. The summed E-state index contributed by atoms with van der Waals surface area (Å²) < 4.78 is 25.9. The highest BCUT2D eigenvalue weighted by Gasteiger charge is 2.33. The van der Waals surface area contributed by atoms with Crippen LogP contribution in [-0.4, -0.2) is 19.7 Å². The first-order valence-corrected chi connectivity index (χ1v) is 14.8. The van der Waals surface area contributed by atoms with E-state index in [1.54, 1.807) is 13.2 Å². The van der Waals surface area contributed by atoms with E-state index in [9.17, 15) is 9.18 Å². The largest absolute Gasteiger partial charge is 0.467 e. The van der Waals surface area contributed by atoms with Gasteiger partial charge in [-0.25, -0.2) is 4.39 Å². The standard InChI is InChI=1S/C35H38FO3P/c1-5-18-35(3,40-33-17-16-30(36)23-31(33)25(2)37)32-22-28(19-26-12-8-6-9-13-26)21-29(34(32)39-24-38-4)20-27-14-10-7-11-15-27/h6-17,21-23,40H,5,18-20,24H2,1-4H3. The van der Waals surface area contributed by atoms with Gasteiger partial charge in [-0.1, -0.05) is 108 Å². The molecule has 0 aliphatic carbocycles. The summed E-state index contributed by atoms with van der Waals surface area (Å²) >= 11 is 0. The van der Waals surface area contributed by atoms with E-state index in [4.69, 9.17) is 9.47 Å². The molecule has 4 aromatic rings. The minimum atomic E-state index is -0.393. The minimum Gasteiger partial charge on any atom is -0.467 e. The van der Waals surface area contributed by atoms with E-state index in [0.717, 1.165) is 47.9 Å². The Bertz CT molecular complexity index is 1420. The van der Waals surface area contributed by atoms with E-state index in [2.05, 4.69) is 74.5 Å². The van der Waals surface area contributed by atoms with Gasteiger partial charge in [0.05, 0.1) is 0 Å². The third-order valence-electron chi connectivity index (χ3n) is 7.15. The van der Waals surface area contributed by atoms with Crippen LogP contribution in [-0.2, 0) is 22.7 Å². The Balaban J connectivity index is 1.90. The van der Waals surface area contributed by atoms with Crippen LogP contribution in [0.3, 0.4) is 0 Å². The van der Waals surface area contributed by atoms with Gasteiger partial charge in [-0.2, -0.15) is 0 Å². The maximum absolute atomic E-state index is 14.2. The quantitative estimate of drug-likeness (QED) is 0.0946. The summed E-state index contributed by atoms with van der Waals surface area (Å²) in [5, 5.41) is 0.526. The lowest BCUT2D eigenvalue weighted by Gasteiger charge is -2.34. The Kier molecular flexibility index (Phi) is 10.3. The van der Waals surface area contributed by atoms with Crippen molar-refractivity contribution in [2.24, 2.45) is 0 Å². The van der Waals surface area contributed by atoms with Gasteiger partial charge in [0.25, 0.3) is 0 Å². The third-order valence-corrected chi connectivity index (χ3v) is 8.93. The van der Waals surface area contributed by atoms with Gasteiger partial charge in [-0.05, 0) is 59.5 Å². The molecule has 4 rings (SSSR count). The molecule has 40 heavy (non-hydrogen) atoms. The van der Waals surface area contributed by atoms with Crippen LogP contribution >= 0.6 is 8.58 Å². The topological polar surface area (TPSA) is 35.5 Å². The maximum Gasteiger partial charge on any atom is 0.188 e. The number of rotatable bonds is 13. The SMILES string of the molecule is CCCC(C)(Pc1ccc(F)cc1C(C)=O)c1cc(Cc2ccccc2)cc(Cc2ccccc2)c1OCOC. The summed E-state index contributed by atoms with van der Waals surface area (Å²) in [5.74, 6) is 0.312. The molecule has 0 saturated carbocycles. The van der Waals surface area contributed by atoms with Gasteiger partial charge >= 0.3 is 0 Å². The first-order chi connectivity index (χ1) is 19.3. The molecule has 5 heteroatoms. The highest BCUT2D eigenvalue weighted by Crippen LogP contribution is 2.50. The highest BCUT2D eigenvalue weighted by atomic mass is 31.1. The summed E-state index contributed by atoms with van der Waals surface area (Å²) in [4.78, 5) is 12.5. The molecule has 0 spiro atoms. The van der Waals surface area contributed by atoms with Crippen LogP contribution in [0.1, 0.15) is 71.8 Å². The zero-order valence-electron chi connectivity index (χ0n) is 23.8. The molecule has 0 heterocycles. The molecule has 0 fully saturated rings. The number of carbonyl (C=O) groups excluding carboxylic acids is 1. The monoisotopic (exact) mass is 556 g/mol. The van der Waals surface area contributed by atoms with E-state index in [0.29, 0.717) is 5.56 Å². The van der Waals surface area contributed by atoms with Gasteiger partial charge in [0.15, 0.2) is 12.6 Å². The molecule has 208 valence electrons. The van der Waals surface area contributed by atoms with E-state index < -0.39 is 5.82 Å². The molecule has 2 atom stereocenters. The molecule has 0 aromatic heterocycles. The van der Waals surface area contributed by atoms with Crippen molar-refractivity contribution < 1.29 is 18.7 Å². The van der Waals surface area contributed by atoms with E-state index in [1.165, 1.54) is 35.7 Å². The van der Waals surface area contributed by atoms with Gasteiger partial charge in [-0.15, -0.1) is 0 Å². The predicted molar refractivity (Wildman–Crippen MR) is 164 cm³/mol. The molecule has 2 unspecified atom stereocenters. The molecule has 4 aromatic carbocycles. The molecule has 0 aliphatic heterocycles. The van der Waals surface area contributed by atoms with Crippen molar-refractivity contribution in [3.8, 4) is 5.75 Å². The van der Waals surface area contributed by atoms with Crippen LogP contribution in [0.15, 0.2) is 91.0 Å². The van der Waals surface area contributed by atoms with Crippen LogP contribution in [0.5, 0.6) is 5.75 Å². The second-order valence-corrected chi connectivity index (χ2v) is 12.4. The first kappa shape index (κ1) is 29.6. The van der Waals surface area contributed by atoms with Crippen molar-refractivity contribution in [2.75, 3.05) is 13.9 Å². The lowest BCUT2D eigenvalue weighted by molar-refractivity contribution is 0.0493. The Labute approximate surface area is 239 Å². The van der Waals surface area contributed by atoms with Crippen molar-refractivity contribution >= 4 is 19.7 Å². The predicted octanol–water partition coefficient (Wildman–Crippen LogP) is 8.21. The van der Waals surface area contributed by atoms with Crippen molar-refractivity contribution in [1.29, 1.82) is 0 Å². The number of ether oxygens (including phenoxy) is 2. The smallest absolute Gasteiger partial charge is 0.188 e. The molecule has 0 bridgehead atoms. The average molecular weight is 557 g/mol. The van der Waals surface area contributed by atoms with Crippen LogP contribution in [0.2, 0.25) is 0 Å². The maximum atomic E-state index is 14.2. The Hall–Kier alpha value is -3.33.